The minimum Gasteiger partial charge on any atom is -0.445 e. The van der Waals surface area contributed by atoms with Crippen molar-refractivity contribution < 1.29 is 9.53 Å². The van der Waals surface area contributed by atoms with Crippen molar-refractivity contribution in [2.45, 2.75) is 70.2 Å². The first-order chi connectivity index (χ1) is 20.5. The van der Waals surface area contributed by atoms with E-state index in [1.54, 1.807) is 0 Å². The summed E-state index contributed by atoms with van der Waals surface area (Å²) in [6.45, 7) is 7.29. The van der Waals surface area contributed by atoms with Crippen molar-refractivity contribution >= 4 is 30.1 Å². The molecular weight excluding hydrogens is 577 g/mol. The van der Waals surface area contributed by atoms with Crippen LogP contribution < -0.4 is 0 Å². The third-order valence-corrected chi connectivity index (χ3v) is 9.47. The molecule has 5 rings (SSSR count). The van der Waals surface area contributed by atoms with Gasteiger partial charge < -0.3 is 14.5 Å². The fraction of sp³-hybridized carbons (Fsp3) is 0.472. The first-order valence-corrected chi connectivity index (χ1v) is 16.1. The zero-order valence-corrected chi connectivity index (χ0v) is 27.2. The van der Waals surface area contributed by atoms with E-state index < -0.39 is 0 Å². The van der Waals surface area contributed by atoms with E-state index >= 15 is 0 Å². The summed E-state index contributed by atoms with van der Waals surface area (Å²) < 4.78 is 5.74. The van der Waals surface area contributed by atoms with Crippen molar-refractivity contribution in [2.75, 3.05) is 33.2 Å². The predicted octanol–water partition coefficient (Wildman–Crippen LogP) is 8.27. The Morgan fingerprint density at radius 1 is 0.907 bits per heavy atom. The molecule has 0 radical (unpaired) electrons. The van der Waals surface area contributed by atoms with Gasteiger partial charge in [-0.15, -0.1) is 12.4 Å². The van der Waals surface area contributed by atoms with E-state index in [1.807, 2.05) is 47.4 Å². The Morgan fingerprint density at radius 3 is 2.26 bits per heavy atom. The van der Waals surface area contributed by atoms with Crippen LogP contribution >= 0.6 is 24.0 Å². The van der Waals surface area contributed by atoms with Gasteiger partial charge >= 0.3 is 6.09 Å². The summed E-state index contributed by atoms with van der Waals surface area (Å²) in [5.74, 6) is 1.17. The summed E-state index contributed by atoms with van der Waals surface area (Å²) >= 11 is 6.28. The molecule has 0 bridgehead atoms. The number of rotatable bonds is 11. The zero-order chi connectivity index (χ0) is 29.3. The van der Waals surface area contributed by atoms with Crippen molar-refractivity contribution in [3.63, 3.8) is 0 Å². The molecule has 1 aliphatic heterocycles. The number of nitrogens with zero attached hydrogens (tertiary/aromatic N) is 3. The number of piperidine rings is 1. The number of hydrogen-bond donors (Lipinski definition) is 0. The molecule has 7 heteroatoms. The second-order valence-electron chi connectivity index (χ2n) is 12.2. The lowest BCUT2D eigenvalue weighted by molar-refractivity contribution is 0.0576. The van der Waals surface area contributed by atoms with E-state index in [2.05, 4.69) is 66.2 Å². The van der Waals surface area contributed by atoms with Crippen LogP contribution in [0.1, 0.15) is 61.6 Å². The monoisotopic (exact) mass is 623 g/mol. The second kappa shape index (κ2) is 16.5. The molecule has 3 aromatic carbocycles. The fourth-order valence-corrected chi connectivity index (χ4v) is 7.24. The maximum Gasteiger partial charge on any atom is 0.410 e. The fourth-order valence-electron chi connectivity index (χ4n) is 7.03. The summed E-state index contributed by atoms with van der Waals surface area (Å²) in [4.78, 5) is 20.3. The molecule has 0 aromatic heterocycles. The number of hydrogen-bond acceptors (Lipinski definition) is 4. The Hall–Kier alpha value is -2.57. The zero-order valence-electron chi connectivity index (χ0n) is 25.6. The van der Waals surface area contributed by atoms with E-state index in [1.165, 1.54) is 24.0 Å². The molecule has 43 heavy (non-hydrogen) atoms. The van der Waals surface area contributed by atoms with Crippen molar-refractivity contribution in [1.82, 2.24) is 14.7 Å². The molecule has 2 fully saturated rings. The maximum atomic E-state index is 13.1. The highest BCUT2D eigenvalue weighted by molar-refractivity contribution is 6.30. The number of likely N-dealkylation sites (tertiary alicyclic amines) is 1. The highest BCUT2D eigenvalue weighted by Gasteiger charge is 2.38. The van der Waals surface area contributed by atoms with Crippen LogP contribution in [0.3, 0.4) is 0 Å². The first kappa shape index (κ1) is 33.3. The molecule has 3 aromatic rings. The molecule has 1 aliphatic carbocycles. The molecule has 2 aliphatic rings. The highest BCUT2D eigenvalue weighted by atomic mass is 35.5. The molecule has 5 nitrogen and oxygen atoms in total. The van der Waals surface area contributed by atoms with Gasteiger partial charge in [0.1, 0.15) is 6.61 Å². The summed E-state index contributed by atoms with van der Waals surface area (Å²) in [5, 5.41) is 0.803. The molecule has 1 heterocycles. The Morgan fingerprint density at radius 2 is 1.58 bits per heavy atom. The Kier molecular flexibility index (Phi) is 12.8. The number of ether oxygens (including phenoxy) is 1. The van der Waals surface area contributed by atoms with Gasteiger partial charge in [0, 0.05) is 49.8 Å². The van der Waals surface area contributed by atoms with E-state index in [0.717, 1.165) is 62.6 Å². The van der Waals surface area contributed by atoms with Crippen molar-refractivity contribution in [3.8, 4) is 0 Å². The van der Waals surface area contributed by atoms with Crippen LogP contribution in [0.2, 0.25) is 5.02 Å². The maximum absolute atomic E-state index is 13.1. The lowest BCUT2D eigenvalue weighted by Crippen LogP contribution is -2.48. The predicted molar refractivity (Wildman–Crippen MR) is 179 cm³/mol. The number of carbonyl (C=O) groups excluding carboxylic acids is 1. The van der Waals surface area contributed by atoms with Gasteiger partial charge in [0.05, 0.1) is 0 Å². The quantitative estimate of drug-likeness (QED) is 0.215. The smallest absolute Gasteiger partial charge is 0.410 e. The standard InChI is InChI=1S/C36H46ClN3O2.ClH/c1-3-19-40(36(41)42-27-28-11-6-4-7-12-28)33-17-20-39(21-18-33)26-31-23-34(24-35(31)30-14-8-5-9-15-30)38(2)25-29-13-10-16-32(37)22-29;/h4-16,22,31,33-35H,3,17-21,23-27H2,1-2H3;1H. The molecule has 0 spiro atoms. The molecular formula is C36H47Cl2N3O2. The molecule has 1 saturated carbocycles. The normalized spacial score (nSPS) is 21.0. The molecule has 3 unspecified atom stereocenters. The van der Waals surface area contributed by atoms with Gasteiger partial charge in [0.2, 0.25) is 0 Å². The summed E-state index contributed by atoms with van der Waals surface area (Å²) in [6.07, 6.45) is 5.14. The Labute approximate surface area is 269 Å². The van der Waals surface area contributed by atoms with Gasteiger partial charge in [-0.25, -0.2) is 4.79 Å². The molecule has 232 valence electrons. The SMILES string of the molecule is CCCN(C(=O)OCc1ccccc1)C1CCN(CC2CC(N(C)Cc3cccc(Cl)c3)CC2c2ccccc2)CC1.Cl. The second-order valence-corrected chi connectivity index (χ2v) is 12.6. The minimum atomic E-state index is -0.176. The van der Waals surface area contributed by atoms with Crippen LogP contribution in [0.5, 0.6) is 0 Å². The van der Waals surface area contributed by atoms with Crippen LogP contribution in [-0.4, -0.2) is 66.1 Å². The van der Waals surface area contributed by atoms with E-state index in [0.29, 0.717) is 24.5 Å². The molecule has 0 N–H and O–H groups in total. The minimum absolute atomic E-state index is 0. The summed E-state index contributed by atoms with van der Waals surface area (Å²) in [6, 6.07) is 30.1. The van der Waals surface area contributed by atoms with E-state index in [4.69, 9.17) is 16.3 Å². The lowest BCUT2D eigenvalue weighted by atomic mass is 9.88. The van der Waals surface area contributed by atoms with Gasteiger partial charge in [0.25, 0.3) is 0 Å². The van der Waals surface area contributed by atoms with Gasteiger partial charge in [-0.2, -0.15) is 0 Å². The van der Waals surface area contributed by atoms with E-state index in [-0.39, 0.29) is 24.5 Å². The van der Waals surface area contributed by atoms with Crippen LogP contribution in [-0.2, 0) is 17.9 Å². The molecule has 1 amide bonds. The van der Waals surface area contributed by atoms with Gasteiger partial charge in [0.15, 0.2) is 0 Å². The lowest BCUT2D eigenvalue weighted by Gasteiger charge is -2.39. The van der Waals surface area contributed by atoms with Crippen molar-refractivity contribution in [2.24, 2.45) is 5.92 Å². The van der Waals surface area contributed by atoms with Gasteiger partial charge in [-0.1, -0.05) is 91.3 Å². The highest BCUT2D eigenvalue weighted by Crippen LogP contribution is 2.42. The third kappa shape index (κ3) is 9.21. The van der Waals surface area contributed by atoms with Crippen LogP contribution in [0.25, 0.3) is 0 Å². The van der Waals surface area contributed by atoms with Gasteiger partial charge in [-0.05, 0) is 79.8 Å². The largest absolute Gasteiger partial charge is 0.445 e. The van der Waals surface area contributed by atoms with Crippen molar-refractivity contribution in [1.29, 1.82) is 0 Å². The first-order valence-electron chi connectivity index (χ1n) is 15.7. The number of amides is 1. The van der Waals surface area contributed by atoms with Crippen LogP contribution in [0.4, 0.5) is 4.79 Å². The third-order valence-electron chi connectivity index (χ3n) is 9.24. The number of halogens is 2. The van der Waals surface area contributed by atoms with Gasteiger partial charge in [-0.3, -0.25) is 4.90 Å². The average Bonchev–Trinajstić information content (AvgIpc) is 3.44. The van der Waals surface area contributed by atoms with Crippen LogP contribution in [0, 0.1) is 5.92 Å². The Bertz CT molecular complexity index is 1250. The number of benzene rings is 3. The molecule has 3 atom stereocenters. The average molecular weight is 625 g/mol. The summed E-state index contributed by atoms with van der Waals surface area (Å²) in [7, 11) is 2.26. The van der Waals surface area contributed by atoms with Crippen molar-refractivity contribution in [3.05, 3.63) is 107 Å². The van der Waals surface area contributed by atoms with Crippen LogP contribution in [0.15, 0.2) is 84.9 Å². The van der Waals surface area contributed by atoms with E-state index in [9.17, 15) is 4.79 Å². The summed E-state index contributed by atoms with van der Waals surface area (Å²) in [5.41, 5.74) is 3.76. The topological polar surface area (TPSA) is 36.0 Å². The number of carbonyl (C=O) groups is 1. The Balaban J connectivity index is 0.00000423. The molecule has 1 saturated heterocycles.